The highest BCUT2D eigenvalue weighted by Gasteiger charge is 2.16. The normalized spacial score (nSPS) is 14.0. The number of carbonyl (C=O) groups excluding carboxylic acids is 1. The molecule has 6 heteroatoms. The standard InChI is InChI=1S/C20H23N3O3/c1-13-12-21-19(22-13)20(26)23-17-9-7-14(8-10-18(24)25)11-16(17)15-5-3-2-4-6-15/h5,7,9,11-12H,2-4,6,8,10H2,1H3,(H,21,22)(H,23,26)(H,24,25). The Hall–Kier alpha value is -2.89. The van der Waals surface area contributed by atoms with Crippen LogP contribution in [0.3, 0.4) is 0 Å². The van der Waals surface area contributed by atoms with Crippen molar-refractivity contribution in [1.82, 2.24) is 9.97 Å². The van der Waals surface area contributed by atoms with E-state index in [0.29, 0.717) is 6.42 Å². The molecule has 3 N–H and O–H groups in total. The first-order valence-electron chi connectivity index (χ1n) is 8.90. The van der Waals surface area contributed by atoms with E-state index in [2.05, 4.69) is 21.4 Å². The molecule has 1 aromatic heterocycles. The number of anilines is 1. The maximum Gasteiger partial charge on any atom is 0.303 e. The van der Waals surface area contributed by atoms with E-state index in [1.165, 1.54) is 12.0 Å². The Bertz CT molecular complexity index is 852. The van der Waals surface area contributed by atoms with Gasteiger partial charge in [0.05, 0.1) is 5.69 Å². The lowest BCUT2D eigenvalue weighted by Crippen LogP contribution is -2.15. The van der Waals surface area contributed by atoms with E-state index in [-0.39, 0.29) is 18.2 Å². The van der Waals surface area contributed by atoms with Gasteiger partial charge in [0.15, 0.2) is 5.82 Å². The summed E-state index contributed by atoms with van der Waals surface area (Å²) < 4.78 is 0. The largest absolute Gasteiger partial charge is 0.481 e. The number of carboxylic acids is 1. The quantitative estimate of drug-likeness (QED) is 0.733. The third-order valence-corrected chi connectivity index (χ3v) is 4.52. The number of hydrogen-bond acceptors (Lipinski definition) is 3. The van der Waals surface area contributed by atoms with Crippen molar-refractivity contribution in [2.45, 2.75) is 45.4 Å². The number of aryl methyl sites for hydroxylation is 2. The molecule has 1 amide bonds. The van der Waals surface area contributed by atoms with Gasteiger partial charge in [-0.2, -0.15) is 0 Å². The number of allylic oxidation sites excluding steroid dienone is 2. The molecule has 136 valence electrons. The fourth-order valence-corrected chi connectivity index (χ4v) is 3.17. The summed E-state index contributed by atoms with van der Waals surface area (Å²) in [6.07, 6.45) is 8.76. The monoisotopic (exact) mass is 353 g/mol. The van der Waals surface area contributed by atoms with Crippen LogP contribution in [0.15, 0.2) is 30.5 Å². The summed E-state index contributed by atoms with van der Waals surface area (Å²) in [6, 6.07) is 5.73. The number of aliphatic carboxylic acids is 1. The molecular formula is C20H23N3O3. The Labute approximate surface area is 152 Å². The Morgan fingerprint density at radius 3 is 2.81 bits per heavy atom. The molecule has 0 aliphatic heterocycles. The first-order valence-corrected chi connectivity index (χ1v) is 8.90. The van der Waals surface area contributed by atoms with Crippen LogP contribution in [0.25, 0.3) is 5.57 Å². The highest BCUT2D eigenvalue weighted by atomic mass is 16.4. The molecule has 3 rings (SSSR count). The smallest absolute Gasteiger partial charge is 0.303 e. The molecule has 1 aliphatic rings. The summed E-state index contributed by atoms with van der Waals surface area (Å²) in [5.74, 6) is -0.816. The zero-order valence-electron chi connectivity index (χ0n) is 14.8. The van der Waals surface area contributed by atoms with Crippen molar-refractivity contribution in [2.24, 2.45) is 0 Å². The van der Waals surface area contributed by atoms with Crippen molar-refractivity contribution in [2.75, 3.05) is 5.32 Å². The molecular weight excluding hydrogens is 330 g/mol. The average molecular weight is 353 g/mol. The number of benzene rings is 1. The molecule has 2 aromatic rings. The second-order valence-electron chi connectivity index (χ2n) is 6.59. The minimum atomic E-state index is -0.811. The second-order valence-corrected chi connectivity index (χ2v) is 6.59. The lowest BCUT2D eigenvalue weighted by Gasteiger charge is -2.18. The van der Waals surface area contributed by atoms with Crippen LogP contribution < -0.4 is 5.32 Å². The molecule has 26 heavy (non-hydrogen) atoms. The Morgan fingerprint density at radius 2 is 2.15 bits per heavy atom. The van der Waals surface area contributed by atoms with E-state index in [1.807, 2.05) is 25.1 Å². The number of amides is 1. The second kappa shape index (κ2) is 7.99. The third kappa shape index (κ3) is 4.39. The summed E-state index contributed by atoms with van der Waals surface area (Å²) in [5, 5.41) is 11.9. The van der Waals surface area contributed by atoms with E-state index in [9.17, 15) is 9.59 Å². The summed E-state index contributed by atoms with van der Waals surface area (Å²) in [5.41, 5.74) is 4.63. The number of aromatic amines is 1. The maximum absolute atomic E-state index is 12.5. The van der Waals surface area contributed by atoms with Gasteiger partial charge in [-0.25, -0.2) is 4.98 Å². The number of carboxylic acid groups (broad SMARTS) is 1. The molecule has 0 unspecified atom stereocenters. The van der Waals surface area contributed by atoms with Gasteiger partial charge in [0, 0.05) is 23.9 Å². The van der Waals surface area contributed by atoms with Crippen molar-refractivity contribution in [3.63, 3.8) is 0 Å². The first kappa shape index (κ1) is 17.9. The molecule has 0 fully saturated rings. The number of aromatic nitrogens is 2. The van der Waals surface area contributed by atoms with Gasteiger partial charge in [-0.05, 0) is 62.3 Å². The Balaban J connectivity index is 1.88. The molecule has 6 nitrogen and oxygen atoms in total. The van der Waals surface area contributed by atoms with Gasteiger partial charge in [-0.15, -0.1) is 0 Å². The van der Waals surface area contributed by atoms with Crippen LogP contribution in [-0.4, -0.2) is 27.0 Å². The van der Waals surface area contributed by atoms with Crippen molar-refractivity contribution < 1.29 is 14.7 Å². The zero-order chi connectivity index (χ0) is 18.5. The SMILES string of the molecule is Cc1c[nH]c(C(=O)Nc2ccc(CCC(=O)O)cc2C2=CCCCC2)n1. The van der Waals surface area contributed by atoms with E-state index in [0.717, 1.165) is 41.8 Å². The van der Waals surface area contributed by atoms with Crippen LogP contribution >= 0.6 is 0 Å². The Kier molecular flexibility index (Phi) is 5.51. The maximum atomic E-state index is 12.5. The van der Waals surface area contributed by atoms with Gasteiger partial charge in [0.2, 0.25) is 0 Å². The number of imidazole rings is 1. The average Bonchev–Trinajstić information content (AvgIpc) is 3.08. The summed E-state index contributed by atoms with van der Waals surface area (Å²) >= 11 is 0. The molecule has 1 aromatic carbocycles. The summed E-state index contributed by atoms with van der Waals surface area (Å²) in [7, 11) is 0. The van der Waals surface area contributed by atoms with Crippen LogP contribution in [0.2, 0.25) is 0 Å². The molecule has 0 saturated heterocycles. The van der Waals surface area contributed by atoms with E-state index in [4.69, 9.17) is 5.11 Å². The fraction of sp³-hybridized carbons (Fsp3) is 0.350. The van der Waals surface area contributed by atoms with E-state index >= 15 is 0 Å². The van der Waals surface area contributed by atoms with Gasteiger partial charge in [-0.3, -0.25) is 9.59 Å². The van der Waals surface area contributed by atoms with E-state index in [1.54, 1.807) is 6.20 Å². The van der Waals surface area contributed by atoms with Gasteiger partial charge in [0.1, 0.15) is 0 Å². The number of rotatable bonds is 6. The molecule has 0 atom stereocenters. The van der Waals surface area contributed by atoms with Gasteiger partial charge >= 0.3 is 5.97 Å². The molecule has 0 radical (unpaired) electrons. The molecule has 1 heterocycles. The highest BCUT2D eigenvalue weighted by Crippen LogP contribution is 2.33. The van der Waals surface area contributed by atoms with Crippen LogP contribution in [0.4, 0.5) is 5.69 Å². The first-order chi connectivity index (χ1) is 12.5. The van der Waals surface area contributed by atoms with Crippen molar-refractivity contribution in [3.8, 4) is 0 Å². The van der Waals surface area contributed by atoms with Gasteiger partial charge < -0.3 is 15.4 Å². The van der Waals surface area contributed by atoms with Crippen LogP contribution in [-0.2, 0) is 11.2 Å². The number of H-pyrrole nitrogens is 1. The minimum Gasteiger partial charge on any atom is -0.481 e. The molecule has 0 spiro atoms. The lowest BCUT2D eigenvalue weighted by molar-refractivity contribution is -0.136. The van der Waals surface area contributed by atoms with Crippen LogP contribution in [0, 0.1) is 6.92 Å². The Morgan fingerprint density at radius 1 is 1.31 bits per heavy atom. The lowest BCUT2D eigenvalue weighted by atomic mass is 9.91. The predicted octanol–water partition coefficient (Wildman–Crippen LogP) is 3.95. The number of hydrogen-bond donors (Lipinski definition) is 3. The van der Waals surface area contributed by atoms with Crippen LogP contribution in [0.5, 0.6) is 0 Å². The zero-order valence-corrected chi connectivity index (χ0v) is 14.8. The van der Waals surface area contributed by atoms with Crippen LogP contribution in [0.1, 0.15) is 59.5 Å². The molecule has 1 aliphatic carbocycles. The number of nitrogens with zero attached hydrogens (tertiary/aromatic N) is 1. The van der Waals surface area contributed by atoms with E-state index < -0.39 is 5.97 Å². The number of nitrogens with one attached hydrogen (secondary N) is 2. The third-order valence-electron chi connectivity index (χ3n) is 4.52. The predicted molar refractivity (Wildman–Crippen MR) is 100 cm³/mol. The fourth-order valence-electron chi connectivity index (χ4n) is 3.17. The molecule has 0 bridgehead atoms. The van der Waals surface area contributed by atoms with Crippen molar-refractivity contribution in [3.05, 3.63) is 53.1 Å². The number of carbonyl (C=O) groups is 2. The van der Waals surface area contributed by atoms with Crippen molar-refractivity contribution in [1.29, 1.82) is 0 Å². The minimum absolute atomic E-state index is 0.0931. The summed E-state index contributed by atoms with van der Waals surface area (Å²) in [6.45, 7) is 1.82. The topological polar surface area (TPSA) is 95.1 Å². The van der Waals surface area contributed by atoms with Gasteiger partial charge in [0.25, 0.3) is 5.91 Å². The van der Waals surface area contributed by atoms with Gasteiger partial charge in [-0.1, -0.05) is 12.1 Å². The van der Waals surface area contributed by atoms with Crippen molar-refractivity contribution >= 4 is 23.1 Å². The molecule has 0 saturated carbocycles. The highest BCUT2D eigenvalue weighted by molar-refractivity contribution is 6.03. The summed E-state index contributed by atoms with van der Waals surface area (Å²) in [4.78, 5) is 30.3.